The van der Waals surface area contributed by atoms with Gasteiger partial charge in [0.1, 0.15) is 5.82 Å². The number of aromatic nitrogens is 2. The number of amides is 2. The van der Waals surface area contributed by atoms with E-state index in [1.54, 1.807) is 23.1 Å². The number of hydrogen-bond acceptors (Lipinski definition) is 5. The Bertz CT molecular complexity index is 1170. The fraction of sp³-hybridized carbons (Fsp3) is 0.375. The molecule has 0 fully saturated rings. The molecule has 1 aromatic heterocycles. The van der Waals surface area contributed by atoms with Crippen LogP contribution in [0.5, 0.6) is 0 Å². The molecule has 3 rings (SSSR count). The number of nitrogens with zero attached hydrogens (tertiary/aromatic N) is 5. The van der Waals surface area contributed by atoms with Crippen LogP contribution in [0.1, 0.15) is 30.4 Å². The standard InChI is InChI=1S/C24H27ClF3N5O2/c1-5-32(11-10-31(3)4)24(34)33(18-9-6-15(2)19(25)13-18)14-17-8-7-16(12-20(17)26)22-29-30-23(35-22)21(27)28/h6-9,12-13,21H,5,10-11,14H2,1-4H3. The van der Waals surface area contributed by atoms with E-state index in [2.05, 4.69) is 10.2 Å². The highest BCUT2D eigenvalue weighted by Crippen LogP contribution is 2.28. The van der Waals surface area contributed by atoms with Gasteiger partial charge in [0.2, 0.25) is 5.89 Å². The Morgan fingerprint density at radius 2 is 1.86 bits per heavy atom. The summed E-state index contributed by atoms with van der Waals surface area (Å²) in [6.45, 7) is 5.27. The number of carbonyl (C=O) groups is 1. The predicted molar refractivity (Wildman–Crippen MR) is 128 cm³/mol. The topological polar surface area (TPSA) is 65.7 Å². The average Bonchev–Trinajstić information content (AvgIpc) is 3.31. The average molecular weight is 510 g/mol. The van der Waals surface area contributed by atoms with Crippen molar-refractivity contribution in [3.05, 3.63) is 64.3 Å². The number of anilines is 1. The summed E-state index contributed by atoms with van der Waals surface area (Å²) in [7, 11) is 3.83. The van der Waals surface area contributed by atoms with Crippen LogP contribution in [0.4, 0.5) is 23.7 Å². The molecule has 7 nitrogen and oxygen atoms in total. The highest BCUT2D eigenvalue weighted by Gasteiger charge is 2.24. The maximum Gasteiger partial charge on any atom is 0.324 e. The number of aryl methyl sites for hydroxylation is 1. The monoisotopic (exact) mass is 509 g/mol. The molecule has 188 valence electrons. The largest absolute Gasteiger partial charge is 0.415 e. The summed E-state index contributed by atoms with van der Waals surface area (Å²) in [4.78, 5) is 18.6. The van der Waals surface area contributed by atoms with Crippen molar-refractivity contribution < 1.29 is 22.4 Å². The van der Waals surface area contributed by atoms with E-state index in [9.17, 15) is 13.6 Å². The van der Waals surface area contributed by atoms with Crippen molar-refractivity contribution in [2.45, 2.75) is 26.8 Å². The summed E-state index contributed by atoms with van der Waals surface area (Å²) < 4.78 is 45.5. The van der Waals surface area contributed by atoms with Crippen molar-refractivity contribution in [1.29, 1.82) is 0 Å². The molecule has 0 aliphatic carbocycles. The molecule has 3 aromatic rings. The third-order valence-electron chi connectivity index (χ3n) is 5.42. The van der Waals surface area contributed by atoms with Gasteiger partial charge in [-0.15, -0.1) is 10.2 Å². The van der Waals surface area contributed by atoms with Gasteiger partial charge in [0, 0.05) is 41.5 Å². The number of carbonyl (C=O) groups excluding carboxylic acids is 1. The second-order valence-electron chi connectivity index (χ2n) is 8.24. The zero-order chi connectivity index (χ0) is 25.7. The Morgan fingerprint density at radius 1 is 1.11 bits per heavy atom. The fourth-order valence-electron chi connectivity index (χ4n) is 3.32. The SMILES string of the molecule is CCN(CCN(C)C)C(=O)N(Cc1ccc(-c2nnc(C(F)F)o2)cc1F)c1ccc(C)c(Cl)c1. The van der Waals surface area contributed by atoms with Crippen LogP contribution < -0.4 is 4.90 Å². The molecule has 2 amide bonds. The fourth-order valence-corrected chi connectivity index (χ4v) is 3.49. The third-order valence-corrected chi connectivity index (χ3v) is 5.83. The Kier molecular flexibility index (Phi) is 8.74. The summed E-state index contributed by atoms with van der Waals surface area (Å²) in [5, 5.41) is 7.30. The molecule has 0 saturated heterocycles. The van der Waals surface area contributed by atoms with E-state index in [1.165, 1.54) is 17.0 Å². The predicted octanol–water partition coefficient (Wildman–Crippen LogP) is 5.79. The molecule has 0 aliphatic heterocycles. The van der Waals surface area contributed by atoms with Gasteiger partial charge >= 0.3 is 12.5 Å². The first kappa shape index (κ1) is 26.5. The van der Waals surface area contributed by atoms with E-state index in [0.717, 1.165) is 11.6 Å². The van der Waals surface area contributed by atoms with Gasteiger partial charge in [0.25, 0.3) is 5.89 Å². The second kappa shape index (κ2) is 11.5. The number of urea groups is 1. The molecule has 0 aliphatic rings. The van der Waals surface area contributed by atoms with Gasteiger partial charge in [0.15, 0.2) is 0 Å². The van der Waals surface area contributed by atoms with Crippen molar-refractivity contribution >= 4 is 23.3 Å². The number of likely N-dealkylation sites (N-methyl/N-ethyl adjacent to an activating group) is 2. The van der Waals surface area contributed by atoms with Crippen LogP contribution in [-0.4, -0.2) is 59.8 Å². The second-order valence-corrected chi connectivity index (χ2v) is 8.64. The van der Waals surface area contributed by atoms with E-state index >= 15 is 4.39 Å². The zero-order valence-electron chi connectivity index (χ0n) is 19.9. The van der Waals surface area contributed by atoms with Gasteiger partial charge in [-0.2, -0.15) is 8.78 Å². The van der Waals surface area contributed by atoms with Crippen LogP contribution in [0, 0.1) is 12.7 Å². The summed E-state index contributed by atoms with van der Waals surface area (Å²) >= 11 is 6.32. The van der Waals surface area contributed by atoms with Gasteiger partial charge in [0.05, 0.1) is 6.54 Å². The summed E-state index contributed by atoms with van der Waals surface area (Å²) in [6.07, 6.45) is -2.92. The molecule has 0 unspecified atom stereocenters. The van der Waals surface area contributed by atoms with E-state index in [-0.39, 0.29) is 29.6 Å². The molecule has 0 N–H and O–H groups in total. The lowest BCUT2D eigenvalue weighted by Crippen LogP contribution is -2.45. The minimum Gasteiger partial charge on any atom is -0.415 e. The molecule has 11 heteroatoms. The van der Waals surface area contributed by atoms with Crippen molar-refractivity contribution in [2.24, 2.45) is 0 Å². The van der Waals surface area contributed by atoms with Gasteiger partial charge in [-0.05, 0) is 57.8 Å². The summed E-state index contributed by atoms with van der Waals surface area (Å²) in [6, 6.07) is 8.99. The lowest BCUT2D eigenvalue weighted by Gasteiger charge is -2.31. The van der Waals surface area contributed by atoms with E-state index in [1.807, 2.05) is 32.8 Å². The number of hydrogen-bond donors (Lipinski definition) is 0. The number of alkyl halides is 2. The Morgan fingerprint density at radius 3 is 2.43 bits per heavy atom. The first-order valence-corrected chi connectivity index (χ1v) is 11.4. The molecule has 0 radical (unpaired) electrons. The molecule has 0 spiro atoms. The molecule has 2 aromatic carbocycles. The normalized spacial score (nSPS) is 11.4. The Labute approximate surface area is 207 Å². The third kappa shape index (κ3) is 6.52. The van der Waals surface area contributed by atoms with Crippen LogP contribution in [0.2, 0.25) is 5.02 Å². The van der Waals surface area contributed by atoms with Gasteiger partial charge < -0.3 is 14.2 Å². The van der Waals surface area contributed by atoms with E-state index < -0.39 is 18.1 Å². The first-order chi connectivity index (χ1) is 16.6. The molecule has 1 heterocycles. The highest BCUT2D eigenvalue weighted by molar-refractivity contribution is 6.31. The lowest BCUT2D eigenvalue weighted by molar-refractivity contribution is 0.116. The van der Waals surface area contributed by atoms with Gasteiger partial charge in [-0.1, -0.05) is 23.7 Å². The maximum absolute atomic E-state index is 15.1. The molecular weight excluding hydrogens is 483 g/mol. The van der Waals surface area contributed by atoms with Crippen LogP contribution in [0.25, 0.3) is 11.5 Å². The molecule has 0 atom stereocenters. The number of rotatable bonds is 9. The van der Waals surface area contributed by atoms with E-state index in [4.69, 9.17) is 16.0 Å². The Balaban J connectivity index is 1.93. The lowest BCUT2D eigenvalue weighted by atomic mass is 10.1. The van der Waals surface area contributed by atoms with Crippen molar-refractivity contribution in [3.8, 4) is 11.5 Å². The summed E-state index contributed by atoms with van der Waals surface area (Å²) in [5.41, 5.74) is 1.75. The first-order valence-electron chi connectivity index (χ1n) is 11.0. The van der Waals surface area contributed by atoms with E-state index in [0.29, 0.717) is 30.3 Å². The van der Waals surface area contributed by atoms with Crippen LogP contribution in [-0.2, 0) is 6.54 Å². The summed E-state index contributed by atoms with van der Waals surface area (Å²) in [5.74, 6) is -1.70. The smallest absolute Gasteiger partial charge is 0.324 e. The quantitative estimate of drug-likeness (QED) is 0.365. The van der Waals surface area contributed by atoms with Crippen LogP contribution >= 0.6 is 11.6 Å². The molecule has 35 heavy (non-hydrogen) atoms. The minimum atomic E-state index is -2.92. The van der Waals surface area contributed by atoms with Crippen molar-refractivity contribution in [1.82, 2.24) is 20.0 Å². The highest BCUT2D eigenvalue weighted by atomic mass is 35.5. The minimum absolute atomic E-state index is 0.0745. The van der Waals surface area contributed by atoms with Crippen LogP contribution in [0.15, 0.2) is 40.8 Å². The molecular formula is C24H27ClF3N5O2. The maximum atomic E-state index is 15.1. The Hall–Kier alpha value is -3.11. The number of halogens is 4. The van der Waals surface area contributed by atoms with Crippen molar-refractivity contribution in [2.75, 3.05) is 38.6 Å². The van der Waals surface area contributed by atoms with Crippen molar-refractivity contribution in [3.63, 3.8) is 0 Å². The van der Waals surface area contributed by atoms with Gasteiger partial charge in [-0.25, -0.2) is 9.18 Å². The van der Waals surface area contributed by atoms with Crippen LogP contribution in [0.3, 0.4) is 0 Å². The van der Waals surface area contributed by atoms with Gasteiger partial charge in [-0.3, -0.25) is 4.90 Å². The molecule has 0 saturated carbocycles. The molecule has 0 bridgehead atoms. The number of benzene rings is 2. The zero-order valence-corrected chi connectivity index (χ0v) is 20.7.